The molecule has 0 saturated heterocycles. The molecule has 0 saturated carbocycles. The Labute approximate surface area is 162 Å². The smallest absolute Gasteiger partial charge is 0.230 e. The van der Waals surface area contributed by atoms with E-state index in [9.17, 15) is 9.18 Å². The van der Waals surface area contributed by atoms with Gasteiger partial charge in [-0.15, -0.1) is 10.2 Å². The van der Waals surface area contributed by atoms with Gasteiger partial charge in [-0.1, -0.05) is 48.2 Å². The highest BCUT2D eigenvalue weighted by atomic mass is 32.2. The molecule has 0 aliphatic heterocycles. The topological polar surface area (TPSA) is 59.8 Å². The molecule has 1 aromatic heterocycles. The first kappa shape index (κ1) is 19.1. The van der Waals surface area contributed by atoms with Crippen LogP contribution in [0, 0.1) is 12.7 Å². The summed E-state index contributed by atoms with van der Waals surface area (Å²) in [5, 5.41) is 12.1. The highest BCUT2D eigenvalue weighted by Crippen LogP contribution is 2.26. The van der Waals surface area contributed by atoms with E-state index in [1.54, 1.807) is 12.1 Å². The Kier molecular flexibility index (Phi) is 6.24. The van der Waals surface area contributed by atoms with Gasteiger partial charge < -0.3 is 9.88 Å². The van der Waals surface area contributed by atoms with Crippen LogP contribution >= 0.6 is 11.8 Å². The molecule has 1 amide bonds. The van der Waals surface area contributed by atoms with Crippen molar-refractivity contribution in [2.24, 2.45) is 0 Å². The average molecular weight is 384 g/mol. The zero-order valence-electron chi connectivity index (χ0n) is 15.3. The molecule has 1 N–H and O–H groups in total. The van der Waals surface area contributed by atoms with Gasteiger partial charge in [0, 0.05) is 18.7 Å². The molecule has 0 atom stereocenters. The van der Waals surface area contributed by atoms with Crippen molar-refractivity contribution in [3.05, 3.63) is 65.5 Å². The van der Waals surface area contributed by atoms with Crippen LogP contribution in [0.15, 0.2) is 53.7 Å². The van der Waals surface area contributed by atoms with E-state index in [0.717, 1.165) is 29.1 Å². The maximum absolute atomic E-state index is 12.9. The molecule has 0 spiro atoms. The van der Waals surface area contributed by atoms with E-state index < -0.39 is 0 Å². The number of aromatic nitrogens is 3. The van der Waals surface area contributed by atoms with Crippen LogP contribution in [0.4, 0.5) is 4.39 Å². The third kappa shape index (κ3) is 4.74. The normalized spacial score (nSPS) is 10.8. The molecule has 0 bridgehead atoms. The Morgan fingerprint density at radius 2 is 1.89 bits per heavy atom. The van der Waals surface area contributed by atoms with Gasteiger partial charge >= 0.3 is 0 Å². The van der Waals surface area contributed by atoms with Crippen LogP contribution in [0.25, 0.3) is 11.4 Å². The van der Waals surface area contributed by atoms with Gasteiger partial charge in [0.25, 0.3) is 0 Å². The van der Waals surface area contributed by atoms with Crippen LogP contribution in [0.5, 0.6) is 0 Å². The van der Waals surface area contributed by atoms with Gasteiger partial charge in [-0.2, -0.15) is 0 Å². The minimum Gasteiger partial charge on any atom is -0.351 e. The molecular weight excluding hydrogens is 363 g/mol. The molecule has 7 heteroatoms. The summed E-state index contributed by atoms with van der Waals surface area (Å²) in [5.74, 6) is 0.661. The number of benzene rings is 2. The molecule has 0 unspecified atom stereocenters. The lowest BCUT2D eigenvalue weighted by Crippen LogP contribution is -2.24. The van der Waals surface area contributed by atoms with Gasteiger partial charge in [-0.3, -0.25) is 4.79 Å². The Hall–Kier alpha value is -2.67. The maximum Gasteiger partial charge on any atom is 0.230 e. The number of thioether (sulfide) groups is 1. The van der Waals surface area contributed by atoms with Crippen LogP contribution < -0.4 is 5.32 Å². The predicted octanol–water partition coefficient (Wildman–Crippen LogP) is 3.82. The second-order valence-electron chi connectivity index (χ2n) is 6.06. The quantitative estimate of drug-likeness (QED) is 0.629. The molecule has 3 aromatic rings. The number of aryl methyl sites for hydroxylation is 1. The van der Waals surface area contributed by atoms with Gasteiger partial charge in [-0.25, -0.2) is 4.39 Å². The number of carbonyl (C=O) groups is 1. The lowest BCUT2D eigenvalue weighted by atomic mass is 10.1. The summed E-state index contributed by atoms with van der Waals surface area (Å²) in [4.78, 5) is 12.1. The van der Waals surface area contributed by atoms with E-state index >= 15 is 0 Å². The highest BCUT2D eigenvalue weighted by Gasteiger charge is 2.15. The molecular formula is C20H21FN4OS. The van der Waals surface area contributed by atoms with Crippen molar-refractivity contribution in [3.8, 4) is 11.4 Å². The number of halogens is 1. The van der Waals surface area contributed by atoms with Crippen LogP contribution in [-0.4, -0.2) is 26.4 Å². The Bertz CT molecular complexity index is 924. The lowest BCUT2D eigenvalue weighted by molar-refractivity contribution is -0.118. The van der Waals surface area contributed by atoms with Crippen LogP contribution in [-0.2, 0) is 17.9 Å². The molecule has 5 nitrogen and oxygen atoms in total. The van der Waals surface area contributed by atoms with E-state index in [4.69, 9.17) is 0 Å². The van der Waals surface area contributed by atoms with Gasteiger partial charge in [0.15, 0.2) is 11.0 Å². The molecule has 3 rings (SSSR count). The summed E-state index contributed by atoms with van der Waals surface area (Å²) in [6.07, 6.45) is 0. The summed E-state index contributed by atoms with van der Waals surface area (Å²) in [5.41, 5.74) is 3.03. The zero-order chi connectivity index (χ0) is 19.2. The third-order valence-corrected chi connectivity index (χ3v) is 5.12. The van der Waals surface area contributed by atoms with Crippen molar-refractivity contribution < 1.29 is 9.18 Å². The zero-order valence-corrected chi connectivity index (χ0v) is 16.1. The van der Waals surface area contributed by atoms with Gasteiger partial charge in [0.1, 0.15) is 5.82 Å². The molecule has 140 valence electrons. The van der Waals surface area contributed by atoms with Crippen molar-refractivity contribution in [3.63, 3.8) is 0 Å². The first-order valence-corrected chi connectivity index (χ1v) is 9.70. The molecule has 0 aliphatic carbocycles. The van der Waals surface area contributed by atoms with Crippen LogP contribution in [0.3, 0.4) is 0 Å². The number of hydrogen-bond donors (Lipinski definition) is 1. The first-order valence-electron chi connectivity index (χ1n) is 8.71. The summed E-state index contributed by atoms with van der Waals surface area (Å²) in [6, 6.07) is 14.1. The van der Waals surface area contributed by atoms with E-state index in [2.05, 4.69) is 15.5 Å². The standard InChI is InChI=1S/C20H21FN4OS/c1-3-25-19(17-7-5-4-6-14(17)2)23-24-20(25)27-13-18(26)22-12-15-8-10-16(21)11-9-15/h4-11H,3,12-13H2,1-2H3,(H,22,26). The monoisotopic (exact) mass is 384 g/mol. The summed E-state index contributed by atoms with van der Waals surface area (Å²) >= 11 is 1.36. The lowest BCUT2D eigenvalue weighted by Gasteiger charge is -2.09. The fourth-order valence-corrected chi connectivity index (χ4v) is 3.52. The third-order valence-electron chi connectivity index (χ3n) is 4.15. The number of hydrogen-bond acceptors (Lipinski definition) is 4. The summed E-state index contributed by atoms with van der Waals surface area (Å²) in [7, 11) is 0. The molecule has 0 fully saturated rings. The molecule has 0 aliphatic rings. The Morgan fingerprint density at radius 1 is 1.15 bits per heavy atom. The number of carbonyl (C=O) groups excluding carboxylic acids is 1. The van der Waals surface area contributed by atoms with Crippen LogP contribution in [0.2, 0.25) is 0 Å². The number of nitrogens with one attached hydrogen (secondary N) is 1. The van der Waals surface area contributed by atoms with Crippen molar-refractivity contribution in [1.82, 2.24) is 20.1 Å². The molecule has 27 heavy (non-hydrogen) atoms. The second-order valence-corrected chi connectivity index (χ2v) is 7.00. The fraction of sp³-hybridized carbons (Fsp3) is 0.250. The SMILES string of the molecule is CCn1c(SCC(=O)NCc2ccc(F)cc2)nnc1-c1ccccc1C. The van der Waals surface area contributed by atoms with Gasteiger partial charge in [0.05, 0.1) is 5.75 Å². The summed E-state index contributed by atoms with van der Waals surface area (Å²) < 4.78 is 14.9. The predicted molar refractivity (Wildman–Crippen MR) is 105 cm³/mol. The molecule has 2 aromatic carbocycles. The van der Waals surface area contributed by atoms with Crippen LogP contribution in [0.1, 0.15) is 18.1 Å². The van der Waals surface area contributed by atoms with Crippen molar-refractivity contribution in [2.75, 3.05) is 5.75 Å². The Balaban J connectivity index is 1.62. The summed E-state index contributed by atoms with van der Waals surface area (Å²) in [6.45, 7) is 5.16. The Morgan fingerprint density at radius 3 is 2.59 bits per heavy atom. The molecule has 1 heterocycles. The average Bonchev–Trinajstić information content (AvgIpc) is 3.09. The first-order chi connectivity index (χ1) is 13.1. The van der Waals surface area contributed by atoms with Gasteiger partial charge in [-0.05, 0) is 37.1 Å². The minimum absolute atomic E-state index is 0.104. The van der Waals surface area contributed by atoms with E-state index in [-0.39, 0.29) is 17.5 Å². The van der Waals surface area contributed by atoms with Gasteiger partial charge in [0.2, 0.25) is 5.91 Å². The van der Waals surface area contributed by atoms with Crippen molar-refractivity contribution >= 4 is 17.7 Å². The highest BCUT2D eigenvalue weighted by molar-refractivity contribution is 7.99. The van der Waals surface area contributed by atoms with Crippen molar-refractivity contribution in [1.29, 1.82) is 0 Å². The maximum atomic E-state index is 12.9. The number of rotatable bonds is 7. The second kappa shape index (κ2) is 8.81. The van der Waals surface area contributed by atoms with E-state index in [1.807, 2.05) is 42.7 Å². The van der Waals surface area contributed by atoms with Crippen molar-refractivity contribution in [2.45, 2.75) is 32.1 Å². The molecule has 0 radical (unpaired) electrons. The van der Waals surface area contributed by atoms with E-state index in [0.29, 0.717) is 11.7 Å². The number of nitrogens with zero attached hydrogens (tertiary/aromatic N) is 3. The largest absolute Gasteiger partial charge is 0.351 e. The van der Waals surface area contributed by atoms with E-state index in [1.165, 1.54) is 23.9 Å². The fourth-order valence-electron chi connectivity index (χ4n) is 2.69. The minimum atomic E-state index is -0.288. The number of amides is 1.